The molecule has 1 N–H and O–H groups in total. The Morgan fingerprint density at radius 1 is 1.35 bits per heavy atom. The van der Waals surface area contributed by atoms with E-state index < -0.39 is 15.2 Å². The van der Waals surface area contributed by atoms with E-state index in [0.717, 1.165) is 5.56 Å². The molecule has 0 saturated carbocycles. The highest BCUT2D eigenvalue weighted by atomic mass is 32.9. The van der Waals surface area contributed by atoms with Gasteiger partial charge in [-0.25, -0.2) is 0 Å². The van der Waals surface area contributed by atoms with Crippen LogP contribution in [0.4, 0.5) is 0 Å². The summed E-state index contributed by atoms with van der Waals surface area (Å²) in [6.45, 7) is 1.91. The minimum Gasteiger partial charge on any atom is -0.304 e. The first-order chi connectivity index (χ1) is 7.81. The van der Waals surface area contributed by atoms with Crippen molar-refractivity contribution in [3.05, 3.63) is 35.9 Å². The van der Waals surface area contributed by atoms with Gasteiger partial charge in [-0.15, -0.1) is 0 Å². The lowest BCUT2D eigenvalue weighted by atomic mass is 10.0. The molecule has 1 rings (SSSR count). The van der Waals surface area contributed by atoms with Crippen molar-refractivity contribution in [3.8, 4) is 0 Å². The Labute approximate surface area is 107 Å². The van der Waals surface area contributed by atoms with Crippen molar-refractivity contribution < 1.29 is 12.9 Å². The van der Waals surface area contributed by atoms with E-state index in [2.05, 4.69) is 11.2 Å². The third kappa shape index (κ3) is 4.69. The average Bonchev–Trinajstić information content (AvgIpc) is 2.25. The lowest BCUT2D eigenvalue weighted by Gasteiger charge is -2.28. The van der Waals surface area contributed by atoms with Crippen LogP contribution >= 0.6 is 0 Å². The van der Waals surface area contributed by atoms with Crippen LogP contribution in [0.25, 0.3) is 0 Å². The highest BCUT2D eigenvalue weighted by molar-refractivity contribution is 8.27. The third-order valence-corrected chi connectivity index (χ3v) is 3.29. The minimum atomic E-state index is -3.64. The van der Waals surface area contributed by atoms with Crippen LogP contribution in [0.3, 0.4) is 0 Å². The monoisotopic (exact) mass is 275 g/mol. The summed E-state index contributed by atoms with van der Waals surface area (Å²) in [5.74, 6) is 0. The fourth-order valence-corrected chi connectivity index (χ4v) is 2.25. The Hall–Kier alpha value is -0.530. The predicted octanol–water partition coefficient (Wildman–Crippen LogP) is 1.83. The topological polar surface area (TPSA) is 49.8 Å². The molecule has 0 heterocycles. The normalized spacial score (nSPS) is 18.6. The lowest BCUT2D eigenvalue weighted by molar-refractivity contribution is 0.110. The molecule has 6 heteroatoms. The molecule has 1 aromatic carbocycles. The molecule has 3 atom stereocenters. The van der Waals surface area contributed by atoms with E-state index in [0.29, 0.717) is 0 Å². The molecule has 96 valence electrons. The molecule has 0 aliphatic carbocycles. The van der Waals surface area contributed by atoms with Gasteiger partial charge in [-0.05, 0) is 26.6 Å². The third-order valence-electron chi connectivity index (χ3n) is 2.61. The molecule has 0 saturated heterocycles. The smallest absolute Gasteiger partial charge is 0.267 e. The number of hydrogen-bond acceptors (Lipinski definition) is 4. The molecule has 0 fully saturated rings. The minimum absolute atomic E-state index is 0.0617. The number of rotatable bonds is 5. The first-order valence-corrected chi connectivity index (χ1v) is 7.55. The Balaban J connectivity index is 3.03. The van der Waals surface area contributed by atoms with Gasteiger partial charge in [0.1, 0.15) is 6.10 Å². The van der Waals surface area contributed by atoms with Gasteiger partial charge in [0.25, 0.3) is 9.05 Å². The van der Waals surface area contributed by atoms with Gasteiger partial charge in [0.15, 0.2) is 0 Å². The first kappa shape index (κ1) is 14.5. The van der Waals surface area contributed by atoms with Crippen molar-refractivity contribution in [3.63, 3.8) is 0 Å². The van der Waals surface area contributed by atoms with E-state index in [1.807, 2.05) is 56.3 Å². The quantitative estimate of drug-likeness (QED) is 0.888. The van der Waals surface area contributed by atoms with Gasteiger partial charge in [0, 0.05) is 17.2 Å². The Morgan fingerprint density at radius 2 is 1.88 bits per heavy atom. The summed E-state index contributed by atoms with van der Waals surface area (Å²) < 4.78 is 25.5. The van der Waals surface area contributed by atoms with Crippen molar-refractivity contribution in [2.75, 3.05) is 14.1 Å². The zero-order valence-electron chi connectivity index (χ0n) is 10.1. The van der Waals surface area contributed by atoms with Crippen molar-refractivity contribution in [1.82, 2.24) is 4.90 Å². The van der Waals surface area contributed by atoms with Gasteiger partial charge in [-0.3, -0.25) is 8.74 Å². The van der Waals surface area contributed by atoms with Crippen LogP contribution in [0.5, 0.6) is 0 Å². The summed E-state index contributed by atoms with van der Waals surface area (Å²) in [6.07, 6.45) is -0.527. The fraction of sp³-hybridized carbons (Fsp3) is 0.455. The van der Waals surface area contributed by atoms with Gasteiger partial charge in [0.2, 0.25) is 0 Å². The summed E-state index contributed by atoms with van der Waals surface area (Å²) in [4.78, 5) is 1.91. The van der Waals surface area contributed by atoms with E-state index in [4.69, 9.17) is 4.18 Å². The number of benzene rings is 1. The maximum atomic E-state index is 11.2. The summed E-state index contributed by atoms with van der Waals surface area (Å²) in [5.41, 5.74) is 0.834. The summed E-state index contributed by atoms with van der Waals surface area (Å²) in [5, 5.41) is 0. The Bertz CT molecular complexity index is 445. The van der Waals surface area contributed by atoms with Crippen LogP contribution in [0.2, 0.25) is 0 Å². The van der Waals surface area contributed by atoms with Crippen LogP contribution in [0, 0.1) is 0 Å². The van der Waals surface area contributed by atoms with Gasteiger partial charge >= 0.3 is 0 Å². The van der Waals surface area contributed by atoms with Crippen molar-refractivity contribution in [2.45, 2.75) is 19.1 Å². The summed E-state index contributed by atoms with van der Waals surface area (Å²) >= 11 is 4.41. The summed E-state index contributed by atoms with van der Waals surface area (Å²) in [6, 6.07) is 9.24. The van der Waals surface area contributed by atoms with E-state index >= 15 is 0 Å². The van der Waals surface area contributed by atoms with Crippen LogP contribution in [0.15, 0.2) is 30.3 Å². The highest BCUT2D eigenvalue weighted by Gasteiger charge is 2.25. The zero-order chi connectivity index (χ0) is 13.1. The second-order valence-electron chi connectivity index (χ2n) is 4.06. The van der Waals surface area contributed by atoms with Crippen molar-refractivity contribution in [2.24, 2.45) is 0 Å². The van der Waals surface area contributed by atoms with Gasteiger partial charge in [-0.2, -0.15) is 4.21 Å². The van der Waals surface area contributed by atoms with Gasteiger partial charge < -0.3 is 4.90 Å². The number of nitrogens with zero attached hydrogens (tertiary/aromatic N) is 1. The lowest BCUT2D eigenvalue weighted by Crippen LogP contribution is -2.33. The molecule has 4 nitrogen and oxygen atoms in total. The van der Waals surface area contributed by atoms with E-state index in [1.54, 1.807) is 0 Å². The SMILES string of the molecule is CC(C(OS(=O)(O)=S)c1ccccc1)N(C)C. The van der Waals surface area contributed by atoms with E-state index in [9.17, 15) is 8.76 Å². The molecule has 0 amide bonds. The molecule has 3 unspecified atom stereocenters. The predicted molar refractivity (Wildman–Crippen MR) is 71.6 cm³/mol. The molecule has 1 aromatic rings. The molecule has 0 bridgehead atoms. The van der Waals surface area contributed by atoms with Gasteiger partial charge in [-0.1, -0.05) is 30.3 Å². The largest absolute Gasteiger partial charge is 0.304 e. The molecule has 0 aliphatic heterocycles. The van der Waals surface area contributed by atoms with Crippen LogP contribution in [-0.4, -0.2) is 33.8 Å². The van der Waals surface area contributed by atoms with Crippen LogP contribution in [-0.2, 0) is 24.4 Å². The zero-order valence-corrected chi connectivity index (χ0v) is 11.7. The van der Waals surface area contributed by atoms with Crippen LogP contribution in [0.1, 0.15) is 18.6 Å². The Morgan fingerprint density at radius 3 is 2.29 bits per heavy atom. The fourth-order valence-electron chi connectivity index (χ4n) is 1.46. The maximum Gasteiger partial charge on any atom is 0.267 e. The van der Waals surface area contributed by atoms with E-state index in [1.165, 1.54) is 0 Å². The molecule has 0 spiro atoms. The molecule has 0 aliphatic rings. The maximum absolute atomic E-state index is 11.2. The second-order valence-corrected chi connectivity index (χ2v) is 6.37. The standard InChI is InChI=1S/C11H17NO3S2/c1-9(12(2)3)11(15-17(13,14)16)10-7-5-4-6-8-10/h4-9,11H,1-3H3,(H,13,14,16). The molecular weight excluding hydrogens is 258 g/mol. The second kappa shape index (κ2) is 5.88. The van der Waals surface area contributed by atoms with Crippen LogP contribution < -0.4 is 0 Å². The molecule has 0 radical (unpaired) electrons. The van der Waals surface area contributed by atoms with E-state index in [-0.39, 0.29) is 6.04 Å². The molecule has 17 heavy (non-hydrogen) atoms. The number of hydrogen-bond donors (Lipinski definition) is 1. The highest BCUT2D eigenvalue weighted by Crippen LogP contribution is 2.25. The van der Waals surface area contributed by atoms with Crippen molar-refractivity contribution in [1.29, 1.82) is 0 Å². The molecule has 0 aromatic heterocycles. The molecular formula is C11H17NO3S2. The number of likely N-dealkylation sites (N-methyl/N-ethyl adjacent to an activating group) is 1. The average molecular weight is 275 g/mol. The summed E-state index contributed by atoms with van der Waals surface area (Å²) in [7, 11) is 0.120. The van der Waals surface area contributed by atoms with Gasteiger partial charge in [0.05, 0.1) is 0 Å². The van der Waals surface area contributed by atoms with Crippen molar-refractivity contribution >= 4 is 20.2 Å². The Kier molecular flexibility index (Phi) is 5.03. The first-order valence-electron chi connectivity index (χ1n) is 5.18.